The van der Waals surface area contributed by atoms with E-state index in [-0.39, 0.29) is 16.7 Å². The Labute approximate surface area is 169 Å². The number of amides is 1. The molecule has 5 rings (SSSR count). The number of hydrogen-bond acceptors (Lipinski definition) is 3. The van der Waals surface area contributed by atoms with Gasteiger partial charge in [0.1, 0.15) is 0 Å². The first kappa shape index (κ1) is 17.6. The number of anilines is 1. The van der Waals surface area contributed by atoms with Crippen molar-refractivity contribution in [2.75, 3.05) is 5.32 Å². The minimum absolute atomic E-state index is 0.0438. The molecule has 2 aliphatic carbocycles. The molecule has 2 atom stereocenters. The highest BCUT2D eigenvalue weighted by Gasteiger charge is 2.73. The summed E-state index contributed by atoms with van der Waals surface area (Å²) in [4.78, 5) is 23.7. The fourth-order valence-corrected chi connectivity index (χ4v) is 5.52. The van der Waals surface area contributed by atoms with Gasteiger partial charge in [-0.2, -0.15) is 0 Å². The maximum absolute atomic E-state index is 13.8. The lowest BCUT2D eigenvalue weighted by Crippen LogP contribution is -2.48. The number of nitrogens with zero attached hydrogens (tertiary/aromatic N) is 2. The molecule has 28 heavy (non-hydrogen) atoms. The normalized spacial score (nSPS) is 27.0. The number of halogens is 1. The van der Waals surface area contributed by atoms with Gasteiger partial charge in [0.2, 0.25) is 5.91 Å². The molecular formula is C23H22ClN3O. The summed E-state index contributed by atoms with van der Waals surface area (Å²) in [6.45, 7) is 6.59. The van der Waals surface area contributed by atoms with E-state index in [0.717, 1.165) is 35.3 Å². The van der Waals surface area contributed by atoms with Crippen LogP contribution >= 0.6 is 11.6 Å². The Hall–Kier alpha value is -2.46. The van der Waals surface area contributed by atoms with E-state index in [0.29, 0.717) is 10.7 Å². The van der Waals surface area contributed by atoms with Gasteiger partial charge in [-0.3, -0.25) is 4.79 Å². The molecule has 0 saturated heterocycles. The molecule has 142 valence electrons. The van der Waals surface area contributed by atoms with Gasteiger partial charge in [-0.1, -0.05) is 56.6 Å². The van der Waals surface area contributed by atoms with Crippen molar-refractivity contribution in [3.8, 4) is 0 Å². The van der Waals surface area contributed by atoms with E-state index in [9.17, 15) is 4.79 Å². The van der Waals surface area contributed by atoms with Gasteiger partial charge in [0.05, 0.1) is 38.5 Å². The number of para-hydroxylation sites is 3. The highest BCUT2D eigenvalue weighted by atomic mass is 35.5. The standard InChI is InChI=1S/C23H22ClN3O/c1-21(2)22(3)12-13-23(21,20(28)27-15-9-5-4-8-14(15)24)19-18(22)25-16-10-6-7-11-17(16)26-19/h4-11H,12-13H2,1-3H3,(H,27,28)/t22-,23-/m1/s1. The lowest BCUT2D eigenvalue weighted by molar-refractivity contribution is -0.125. The Morgan fingerprint density at radius 1 is 0.929 bits per heavy atom. The summed E-state index contributed by atoms with van der Waals surface area (Å²) in [7, 11) is 0. The maximum Gasteiger partial charge on any atom is 0.237 e. The molecule has 1 amide bonds. The molecule has 0 aliphatic heterocycles. The number of aromatic nitrogens is 2. The van der Waals surface area contributed by atoms with Crippen LogP contribution in [-0.2, 0) is 15.6 Å². The maximum atomic E-state index is 13.8. The zero-order valence-corrected chi connectivity index (χ0v) is 17.0. The third-order valence-electron chi connectivity index (χ3n) is 7.45. The Morgan fingerprint density at radius 2 is 1.54 bits per heavy atom. The highest BCUT2D eigenvalue weighted by Crippen LogP contribution is 2.70. The van der Waals surface area contributed by atoms with Gasteiger partial charge < -0.3 is 5.32 Å². The van der Waals surface area contributed by atoms with E-state index < -0.39 is 5.41 Å². The predicted molar refractivity (Wildman–Crippen MR) is 112 cm³/mol. The topological polar surface area (TPSA) is 54.9 Å². The Balaban J connectivity index is 1.72. The van der Waals surface area contributed by atoms with Crippen molar-refractivity contribution in [3.63, 3.8) is 0 Å². The number of hydrogen-bond donors (Lipinski definition) is 1. The monoisotopic (exact) mass is 391 g/mol. The van der Waals surface area contributed by atoms with Crippen LogP contribution in [0.15, 0.2) is 48.5 Å². The molecule has 1 fully saturated rings. The third-order valence-corrected chi connectivity index (χ3v) is 7.78. The quantitative estimate of drug-likeness (QED) is 0.649. The third kappa shape index (κ3) is 1.94. The minimum Gasteiger partial charge on any atom is -0.324 e. The van der Waals surface area contributed by atoms with Crippen LogP contribution in [-0.4, -0.2) is 15.9 Å². The van der Waals surface area contributed by atoms with Gasteiger partial charge >= 0.3 is 0 Å². The zero-order chi connectivity index (χ0) is 19.7. The molecule has 1 saturated carbocycles. The van der Waals surface area contributed by atoms with Gasteiger partial charge in [0.25, 0.3) is 0 Å². The average Bonchev–Trinajstić information content (AvgIpc) is 2.98. The lowest BCUT2D eigenvalue weighted by atomic mass is 9.63. The minimum atomic E-state index is -0.729. The van der Waals surface area contributed by atoms with Crippen molar-refractivity contribution in [1.29, 1.82) is 0 Å². The number of rotatable bonds is 2. The molecule has 0 spiro atoms. The molecule has 0 unspecified atom stereocenters. The van der Waals surface area contributed by atoms with E-state index in [1.54, 1.807) is 6.07 Å². The molecule has 1 heterocycles. The summed E-state index contributed by atoms with van der Waals surface area (Å²) in [6, 6.07) is 15.2. The summed E-state index contributed by atoms with van der Waals surface area (Å²) in [6.07, 6.45) is 1.67. The molecule has 2 aliphatic rings. The van der Waals surface area contributed by atoms with E-state index in [4.69, 9.17) is 21.6 Å². The van der Waals surface area contributed by atoms with Crippen LogP contribution in [0.5, 0.6) is 0 Å². The first-order valence-electron chi connectivity index (χ1n) is 9.65. The first-order chi connectivity index (χ1) is 13.3. The summed E-state index contributed by atoms with van der Waals surface area (Å²) in [5.41, 5.74) is 2.90. The fraction of sp³-hybridized carbons (Fsp3) is 0.348. The molecular weight excluding hydrogens is 370 g/mol. The van der Waals surface area contributed by atoms with Gasteiger partial charge in [-0.25, -0.2) is 9.97 Å². The van der Waals surface area contributed by atoms with Crippen LogP contribution in [0.3, 0.4) is 0 Å². The van der Waals surface area contributed by atoms with Crippen molar-refractivity contribution in [2.24, 2.45) is 5.41 Å². The largest absolute Gasteiger partial charge is 0.324 e. The second-order valence-electron chi connectivity index (χ2n) is 8.71. The zero-order valence-electron chi connectivity index (χ0n) is 16.2. The Bertz CT molecular complexity index is 1140. The number of carbonyl (C=O) groups is 1. The van der Waals surface area contributed by atoms with Crippen LogP contribution in [0, 0.1) is 5.41 Å². The van der Waals surface area contributed by atoms with Crippen LogP contribution in [0.4, 0.5) is 5.69 Å². The molecule has 1 aromatic heterocycles. The molecule has 0 radical (unpaired) electrons. The predicted octanol–water partition coefficient (Wildman–Crippen LogP) is 5.25. The van der Waals surface area contributed by atoms with Crippen LogP contribution < -0.4 is 5.32 Å². The van der Waals surface area contributed by atoms with Gasteiger partial charge in [-0.15, -0.1) is 0 Å². The van der Waals surface area contributed by atoms with Crippen molar-refractivity contribution >= 4 is 34.2 Å². The number of fused-ring (bicyclic) bond motifs is 6. The van der Waals surface area contributed by atoms with Gasteiger partial charge in [-0.05, 0) is 42.5 Å². The summed E-state index contributed by atoms with van der Waals surface area (Å²) in [5, 5.41) is 3.63. The van der Waals surface area contributed by atoms with Crippen molar-refractivity contribution in [3.05, 3.63) is 64.9 Å². The molecule has 2 bridgehead atoms. The van der Waals surface area contributed by atoms with E-state index in [1.807, 2.05) is 42.5 Å². The SMILES string of the molecule is CC1(C)[C@]2(C(=O)Nc3ccccc3Cl)CC[C@]1(C)c1nc3ccccc3nc12. The van der Waals surface area contributed by atoms with Crippen molar-refractivity contribution in [1.82, 2.24) is 9.97 Å². The van der Waals surface area contributed by atoms with Crippen molar-refractivity contribution < 1.29 is 4.79 Å². The van der Waals surface area contributed by atoms with Gasteiger partial charge in [0, 0.05) is 5.41 Å². The Morgan fingerprint density at radius 3 is 2.21 bits per heavy atom. The van der Waals surface area contributed by atoms with E-state index >= 15 is 0 Å². The summed E-state index contributed by atoms with van der Waals surface area (Å²) < 4.78 is 0. The molecule has 5 heteroatoms. The number of carbonyl (C=O) groups excluding carboxylic acids is 1. The molecule has 1 N–H and O–H groups in total. The fourth-order valence-electron chi connectivity index (χ4n) is 5.34. The second-order valence-corrected chi connectivity index (χ2v) is 9.11. The molecule has 2 aromatic carbocycles. The Kier molecular flexibility index (Phi) is 3.49. The second kappa shape index (κ2) is 5.54. The summed E-state index contributed by atoms with van der Waals surface area (Å²) >= 11 is 6.31. The van der Waals surface area contributed by atoms with E-state index in [2.05, 4.69) is 26.1 Å². The van der Waals surface area contributed by atoms with Crippen molar-refractivity contribution in [2.45, 2.75) is 44.4 Å². The van der Waals surface area contributed by atoms with Crippen LogP contribution in [0.2, 0.25) is 5.02 Å². The van der Waals surface area contributed by atoms with Gasteiger partial charge in [0.15, 0.2) is 0 Å². The first-order valence-corrected chi connectivity index (χ1v) is 10.0. The van der Waals surface area contributed by atoms with Crippen LogP contribution in [0.1, 0.15) is 45.0 Å². The van der Waals surface area contributed by atoms with Crippen LogP contribution in [0.25, 0.3) is 11.0 Å². The highest BCUT2D eigenvalue weighted by molar-refractivity contribution is 6.33. The smallest absolute Gasteiger partial charge is 0.237 e. The average molecular weight is 392 g/mol. The number of nitrogens with one attached hydrogen (secondary N) is 1. The molecule has 3 aromatic rings. The van der Waals surface area contributed by atoms with E-state index in [1.165, 1.54) is 0 Å². The lowest BCUT2D eigenvalue weighted by Gasteiger charge is -2.39. The molecule has 4 nitrogen and oxygen atoms in total. The number of benzene rings is 2. The summed E-state index contributed by atoms with van der Waals surface area (Å²) in [5.74, 6) is -0.0438.